The maximum atomic E-state index is 5.73. The maximum absolute atomic E-state index is 5.73. The first-order chi connectivity index (χ1) is 13.7. The van der Waals surface area contributed by atoms with Gasteiger partial charge in [0, 0.05) is 19.1 Å². The fourth-order valence-electron chi connectivity index (χ4n) is 3.41. The summed E-state index contributed by atoms with van der Waals surface area (Å²) in [6.45, 7) is 4.44. The lowest BCUT2D eigenvalue weighted by atomic mass is 10.00. The van der Waals surface area contributed by atoms with Crippen LogP contribution in [0.25, 0.3) is 11.7 Å². The average molecular weight is 465 g/mol. The van der Waals surface area contributed by atoms with Crippen molar-refractivity contribution in [3.8, 4) is 11.7 Å². The first-order valence-corrected chi connectivity index (χ1v) is 11.4. The first-order valence-electron chi connectivity index (χ1n) is 9.58. The third kappa shape index (κ3) is 3.71. The minimum Gasteiger partial charge on any atom is -0.444 e. The monoisotopic (exact) mass is 464 g/mol. The van der Waals surface area contributed by atoms with E-state index in [1.165, 1.54) is 25.7 Å². The van der Waals surface area contributed by atoms with Crippen LogP contribution in [-0.2, 0) is 5.75 Å². The Hall–Kier alpha value is -1.81. The summed E-state index contributed by atoms with van der Waals surface area (Å²) in [5.74, 6) is 3.85. The lowest BCUT2D eigenvalue weighted by molar-refractivity contribution is 0.429. The molecule has 0 bridgehead atoms. The molecule has 10 heteroatoms. The van der Waals surface area contributed by atoms with Crippen LogP contribution in [0.5, 0.6) is 0 Å². The SMILES string of the molecule is CC1CCN(c2nnc(SCc3nnc(-c4ccc(Br)o4)o3)n2C2CC2)CC1. The number of thioether (sulfide) groups is 1. The molecule has 0 atom stereocenters. The molecule has 0 amide bonds. The van der Waals surface area contributed by atoms with E-state index in [1.807, 2.05) is 0 Å². The normalized spacial score (nSPS) is 18.1. The molecule has 8 nitrogen and oxygen atoms in total. The molecule has 0 spiro atoms. The molecule has 1 aliphatic carbocycles. The van der Waals surface area contributed by atoms with Crippen molar-refractivity contribution in [2.24, 2.45) is 5.92 Å². The highest BCUT2D eigenvalue weighted by atomic mass is 79.9. The van der Waals surface area contributed by atoms with Gasteiger partial charge < -0.3 is 13.7 Å². The Morgan fingerprint density at radius 2 is 1.89 bits per heavy atom. The Labute approximate surface area is 175 Å². The van der Waals surface area contributed by atoms with Gasteiger partial charge in [-0.2, -0.15) is 0 Å². The molecule has 0 radical (unpaired) electrons. The molecule has 1 saturated heterocycles. The number of halogens is 1. The third-order valence-electron chi connectivity index (χ3n) is 5.20. The van der Waals surface area contributed by atoms with Gasteiger partial charge >= 0.3 is 0 Å². The van der Waals surface area contributed by atoms with Gasteiger partial charge in [-0.3, -0.25) is 4.57 Å². The zero-order chi connectivity index (χ0) is 19.1. The second-order valence-electron chi connectivity index (χ2n) is 7.45. The minimum absolute atomic E-state index is 0.382. The van der Waals surface area contributed by atoms with E-state index in [1.54, 1.807) is 23.9 Å². The fourth-order valence-corrected chi connectivity index (χ4v) is 4.56. The molecular weight excluding hydrogens is 444 g/mol. The lowest BCUT2D eigenvalue weighted by Gasteiger charge is -2.31. The van der Waals surface area contributed by atoms with Crippen molar-refractivity contribution in [2.75, 3.05) is 18.0 Å². The number of hydrogen-bond donors (Lipinski definition) is 0. The lowest BCUT2D eigenvalue weighted by Crippen LogP contribution is -2.34. The molecule has 148 valence electrons. The molecule has 0 unspecified atom stereocenters. The van der Waals surface area contributed by atoms with Crippen molar-refractivity contribution < 1.29 is 8.83 Å². The third-order valence-corrected chi connectivity index (χ3v) is 6.55. The van der Waals surface area contributed by atoms with Crippen molar-refractivity contribution in [3.05, 3.63) is 22.7 Å². The Bertz CT molecular complexity index is 957. The summed E-state index contributed by atoms with van der Waals surface area (Å²) in [6.07, 6.45) is 4.82. The highest BCUT2D eigenvalue weighted by Crippen LogP contribution is 2.42. The smallest absolute Gasteiger partial charge is 0.283 e. The largest absolute Gasteiger partial charge is 0.444 e. The summed E-state index contributed by atoms with van der Waals surface area (Å²) >= 11 is 4.87. The van der Waals surface area contributed by atoms with E-state index in [4.69, 9.17) is 8.83 Å². The van der Waals surface area contributed by atoms with Crippen LogP contribution in [0, 0.1) is 5.92 Å². The molecule has 0 N–H and O–H groups in total. The second-order valence-corrected chi connectivity index (χ2v) is 9.17. The van der Waals surface area contributed by atoms with Gasteiger partial charge in [0.2, 0.25) is 11.8 Å². The van der Waals surface area contributed by atoms with Crippen molar-refractivity contribution in [3.63, 3.8) is 0 Å². The molecule has 3 aromatic rings. The van der Waals surface area contributed by atoms with Crippen molar-refractivity contribution in [1.82, 2.24) is 25.0 Å². The van der Waals surface area contributed by atoms with Crippen LogP contribution in [0.15, 0.2) is 30.8 Å². The standard InChI is InChI=1S/C18H21BrN6O2S/c1-11-6-8-24(9-7-11)17-22-23-18(25(17)12-2-3-12)28-10-15-20-21-16(27-15)13-4-5-14(19)26-13/h4-5,11-12H,2-3,6-10H2,1H3. The van der Waals surface area contributed by atoms with Crippen LogP contribution in [0.3, 0.4) is 0 Å². The highest BCUT2D eigenvalue weighted by Gasteiger charge is 2.32. The Kier molecular flexibility index (Phi) is 4.92. The number of aromatic nitrogens is 5. The summed E-state index contributed by atoms with van der Waals surface area (Å²) in [5.41, 5.74) is 0. The van der Waals surface area contributed by atoms with Crippen molar-refractivity contribution >= 4 is 33.6 Å². The summed E-state index contributed by atoms with van der Waals surface area (Å²) < 4.78 is 14.1. The van der Waals surface area contributed by atoms with E-state index < -0.39 is 0 Å². The molecule has 1 saturated carbocycles. The predicted molar refractivity (Wildman–Crippen MR) is 108 cm³/mol. The molecule has 3 aromatic heterocycles. The zero-order valence-corrected chi connectivity index (χ0v) is 17.9. The van der Waals surface area contributed by atoms with E-state index in [0.29, 0.717) is 34.0 Å². The van der Waals surface area contributed by atoms with E-state index in [9.17, 15) is 0 Å². The van der Waals surface area contributed by atoms with Gasteiger partial charge in [-0.05, 0) is 59.7 Å². The van der Waals surface area contributed by atoms with Crippen LogP contribution in [0.2, 0.25) is 0 Å². The van der Waals surface area contributed by atoms with E-state index >= 15 is 0 Å². The number of piperidine rings is 1. The quantitative estimate of drug-likeness (QED) is 0.491. The van der Waals surface area contributed by atoms with Crippen molar-refractivity contribution in [1.29, 1.82) is 0 Å². The molecule has 5 rings (SSSR count). The van der Waals surface area contributed by atoms with Gasteiger partial charge in [0.05, 0.1) is 5.75 Å². The van der Waals surface area contributed by atoms with Gasteiger partial charge in [0.1, 0.15) is 0 Å². The van der Waals surface area contributed by atoms with Crippen molar-refractivity contribution in [2.45, 2.75) is 49.6 Å². The van der Waals surface area contributed by atoms with Gasteiger partial charge in [0.15, 0.2) is 15.6 Å². The number of nitrogens with zero attached hydrogens (tertiary/aromatic N) is 6. The van der Waals surface area contributed by atoms with Gasteiger partial charge in [-0.15, -0.1) is 20.4 Å². The predicted octanol–water partition coefficient (Wildman–Crippen LogP) is 4.55. The summed E-state index contributed by atoms with van der Waals surface area (Å²) in [5, 5.41) is 18.1. The van der Waals surface area contributed by atoms with Crippen LogP contribution in [-0.4, -0.2) is 38.1 Å². The van der Waals surface area contributed by atoms with Gasteiger partial charge in [0.25, 0.3) is 5.89 Å². The Morgan fingerprint density at radius 1 is 1.07 bits per heavy atom. The van der Waals surface area contributed by atoms with E-state index in [0.717, 1.165) is 30.1 Å². The number of hydrogen-bond acceptors (Lipinski definition) is 8. The molecule has 2 aliphatic rings. The van der Waals surface area contributed by atoms with Crippen LogP contribution < -0.4 is 4.90 Å². The summed E-state index contributed by atoms with van der Waals surface area (Å²) in [6, 6.07) is 4.12. The summed E-state index contributed by atoms with van der Waals surface area (Å²) in [4.78, 5) is 2.38. The number of anilines is 1. The first kappa shape index (κ1) is 18.2. The van der Waals surface area contributed by atoms with Crippen LogP contribution >= 0.6 is 27.7 Å². The molecular formula is C18H21BrN6O2S. The van der Waals surface area contributed by atoms with Crippen LogP contribution in [0.1, 0.15) is 44.5 Å². The number of furan rings is 1. The molecule has 2 fully saturated rings. The summed E-state index contributed by atoms with van der Waals surface area (Å²) in [7, 11) is 0. The average Bonchev–Trinajstić information content (AvgIpc) is 3.08. The van der Waals surface area contributed by atoms with E-state index in [-0.39, 0.29) is 0 Å². The van der Waals surface area contributed by atoms with E-state index in [2.05, 4.69) is 52.7 Å². The van der Waals surface area contributed by atoms with Crippen LogP contribution in [0.4, 0.5) is 5.95 Å². The maximum Gasteiger partial charge on any atom is 0.283 e. The topological polar surface area (TPSA) is 86.0 Å². The number of rotatable bonds is 6. The molecule has 28 heavy (non-hydrogen) atoms. The minimum atomic E-state index is 0.382. The molecule has 0 aromatic carbocycles. The second kappa shape index (κ2) is 7.55. The Balaban J connectivity index is 1.30. The molecule has 4 heterocycles. The zero-order valence-electron chi connectivity index (χ0n) is 15.5. The molecule has 1 aliphatic heterocycles. The highest BCUT2D eigenvalue weighted by molar-refractivity contribution is 9.10. The Morgan fingerprint density at radius 3 is 2.61 bits per heavy atom. The van der Waals surface area contributed by atoms with Gasteiger partial charge in [-0.25, -0.2) is 0 Å². The van der Waals surface area contributed by atoms with Gasteiger partial charge in [-0.1, -0.05) is 18.7 Å². The fraction of sp³-hybridized carbons (Fsp3) is 0.556.